The molecule has 0 unspecified atom stereocenters. The maximum atomic E-state index is 13.3. The average molecular weight is 473 g/mol. The molecule has 35 heavy (non-hydrogen) atoms. The number of hydrogen-bond acceptors (Lipinski definition) is 7. The number of aryl methyl sites for hydroxylation is 1. The molecule has 5 rings (SSSR count). The Morgan fingerprint density at radius 2 is 1.71 bits per heavy atom. The molecular formula is C24H23N7O4. The molecule has 0 bridgehead atoms. The molecule has 0 saturated carbocycles. The Balaban J connectivity index is 1.37. The highest BCUT2D eigenvalue weighted by atomic mass is 16.5. The molecule has 1 aliphatic heterocycles. The van der Waals surface area contributed by atoms with Crippen molar-refractivity contribution in [2.75, 3.05) is 33.3 Å². The van der Waals surface area contributed by atoms with Gasteiger partial charge < -0.3 is 19.5 Å². The number of piperazine rings is 1. The molecule has 2 amide bonds. The quantitative estimate of drug-likeness (QED) is 0.345. The number of methoxy groups -OCH3 is 1. The third kappa shape index (κ3) is 4.01. The molecule has 178 valence electrons. The van der Waals surface area contributed by atoms with Gasteiger partial charge >= 0.3 is 0 Å². The number of aromatic nitrogens is 5. The lowest BCUT2D eigenvalue weighted by Crippen LogP contribution is -2.52. The Bertz CT molecular complexity index is 1420. The molecule has 3 aromatic heterocycles. The van der Waals surface area contributed by atoms with Crippen molar-refractivity contribution in [2.24, 2.45) is 0 Å². The number of carbonyl (C=O) groups is 3. The van der Waals surface area contributed by atoms with E-state index in [1.54, 1.807) is 30.2 Å². The van der Waals surface area contributed by atoms with Crippen LogP contribution in [0.4, 0.5) is 0 Å². The molecule has 1 aliphatic rings. The second kappa shape index (κ2) is 9.01. The molecule has 0 spiro atoms. The van der Waals surface area contributed by atoms with Gasteiger partial charge in [0.25, 0.3) is 17.6 Å². The van der Waals surface area contributed by atoms with Crippen molar-refractivity contribution in [1.82, 2.24) is 34.8 Å². The van der Waals surface area contributed by atoms with Gasteiger partial charge in [0.1, 0.15) is 5.75 Å². The number of carbonyl (C=O) groups excluding carboxylic acids is 3. The lowest BCUT2D eigenvalue weighted by molar-refractivity contribution is -0.127. The fraction of sp³-hybridized carbons (Fsp3) is 0.250. The molecule has 11 nitrogen and oxygen atoms in total. The minimum atomic E-state index is -0.667. The van der Waals surface area contributed by atoms with E-state index in [9.17, 15) is 14.4 Å². The number of pyridine rings is 1. The number of hydrogen-bond donors (Lipinski definition) is 1. The predicted octanol–water partition coefficient (Wildman–Crippen LogP) is 1.63. The maximum absolute atomic E-state index is 13.3. The fourth-order valence-corrected chi connectivity index (χ4v) is 4.17. The van der Waals surface area contributed by atoms with Crippen LogP contribution in [0.5, 0.6) is 5.75 Å². The van der Waals surface area contributed by atoms with Crippen LogP contribution >= 0.6 is 0 Å². The van der Waals surface area contributed by atoms with E-state index >= 15 is 0 Å². The molecule has 11 heteroatoms. The summed E-state index contributed by atoms with van der Waals surface area (Å²) in [5.41, 5.74) is 1.96. The number of benzene rings is 1. The number of nitrogens with one attached hydrogen (secondary N) is 1. The standard InChI is InChI=1S/C24H23N7O4/c1-15-12-27-31(28-15)22-20-19(18(35-2)14-26-22)17(13-25-20)21(32)24(34)30-10-8-29(9-11-30)23(33)16-6-4-3-5-7-16/h3-7,12-14,25H,8-11H2,1-2H3. The van der Waals surface area contributed by atoms with E-state index in [1.807, 2.05) is 18.2 Å². The zero-order chi connectivity index (χ0) is 24.5. The molecule has 4 heterocycles. The number of Topliss-reactive ketones (excluding diaryl/α,β-unsaturated/α-hetero) is 1. The topological polar surface area (TPSA) is 126 Å². The molecular weight excluding hydrogens is 450 g/mol. The zero-order valence-corrected chi connectivity index (χ0v) is 19.3. The highest BCUT2D eigenvalue weighted by Gasteiger charge is 2.31. The smallest absolute Gasteiger partial charge is 0.295 e. The number of amides is 2. The van der Waals surface area contributed by atoms with Gasteiger partial charge in [-0.25, -0.2) is 4.98 Å². The number of nitrogens with zero attached hydrogens (tertiary/aromatic N) is 6. The lowest BCUT2D eigenvalue weighted by atomic mass is 10.1. The van der Waals surface area contributed by atoms with Crippen LogP contribution in [0.3, 0.4) is 0 Å². The van der Waals surface area contributed by atoms with Crippen LogP contribution in [0.2, 0.25) is 0 Å². The van der Waals surface area contributed by atoms with Crippen molar-refractivity contribution in [1.29, 1.82) is 0 Å². The van der Waals surface area contributed by atoms with Gasteiger partial charge in [-0.3, -0.25) is 14.4 Å². The number of ether oxygens (including phenoxy) is 1. The van der Waals surface area contributed by atoms with E-state index in [4.69, 9.17) is 4.74 Å². The Labute approximate surface area is 200 Å². The molecule has 0 atom stereocenters. The molecule has 1 fully saturated rings. The van der Waals surface area contributed by atoms with Gasteiger partial charge in [-0.1, -0.05) is 18.2 Å². The zero-order valence-electron chi connectivity index (χ0n) is 19.3. The molecule has 0 aliphatic carbocycles. The minimum absolute atomic E-state index is 0.0899. The Hall–Kier alpha value is -4.54. The van der Waals surface area contributed by atoms with Crippen molar-refractivity contribution in [3.63, 3.8) is 0 Å². The third-order valence-electron chi connectivity index (χ3n) is 5.98. The van der Waals surface area contributed by atoms with E-state index in [2.05, 4.69) is 20.2 Å². The summed E-state index contributed by atoms with van der Waals surface area (Å²) in [6.45, 7) is 3.04. The van der Waals surface area contributed by atoms with Gasteiger partial charge in [-0.05, 0) is 19.1 Å². The van der Waals surface area contributed by atoms with Crippen molar-refractivity contribution in [3.05, 3.63) is 65.7 Å². The van der Waals surface area contributed by atoms with Gasteiger partial charge in [-0.15, -0.1) is 4.80 Å². The summed E-state index contributed by atoms with van der Waals surface area (Å²) >= 11 is 0. The monoisotopic (exact) mass is 473 g/mol. The normalized spacial score (nSPS) is 13.8. The van der Waals surface area contributed by atoms with Crippen molar-refractivity contribution in [3.8, 4) is 11.6 Å². The summed E-state index contributed by atoms with van der Waals surface area (Å²) in [5.74, 6) is -0.657. The predicted molar refractivity (Wildman–Crippen MR) is 126 cm³/mol. The van der Waals surface area contributed by atoms with Crippen LogP contribution in [-0.2, 0) is 4.79 Å². The van der Waals surface area contributed by atoms with E-state index in [0.717, 1.165) is 0 Å². The summed E-state index contributed by atoms with van der Waals surface area (Å²) in [6, 6.07) is 9.00. The number of aromatic amines is 1. The third-order valence-corrected chi connectivity index (χ3v) is 5.98. The first-order chi connectivity index (χ1) is 17.0. The molecule has 0 radical (unpaired) electrons. The summed E-state index contributed by atoms with van der Waals surface area (Å²) in [5, 5.41) is 8.90. The SMILES string of the molecule is COc1cnc(-n2ncc(C)n2)c2[nH]cc(C(=O)C(=O)N3CCN(C(=O)c4ccccc4)CC3)c12. The molecule has 1 saturated heterocycles. The van der Waals surface area contributed by atoms with Gasteiger partial charge in [0.2, 0.25) is 0 Å². The Kier molecular flexibility index (Phi) is 5.73. The van der Waals surface area contributed by atoms with Crippen LogP contribution in [0, 0.1) is 6.92 Å². The summed E-state index contributed by atoms with van der Waals surface area (Å²) in [7, 11) is 1.47. The van der Waals surface area contributed by atoms with Crippen molar-refractivity contribution >= 4 is 28.5 Å². The first-order valence-electron chi connectivity index (χ1n) is 11.1. The second-order valence-corrected chi connectivity index (χ2v) is 8.16. The highest BCUT2D eigenvalue weighted by Crippen LogP contribution is 2.31. The number of fused-ring (bicyclic) bond motifs is 1. The first-order valence-corrected chi connectivity index (χ1v) is 11.1. The van der Waals surface area contributed by atoms with Crippen molar-refractivity contribution < 1.29 is 19.1 Å². The average Bonchev–Trinajstić information content (AvgIpc) is 3.54. The number of H-pyrrole nitrogens is 1. The van der Waals surface area contributed by atoms with Gasteiger partial charge in [0.05, 0.1) is 41.7 Å². The van der Waals surface area contributed by atoms with E-state index in [-0.39, 0.29) is 24.6 Å². The van der Waals surface area contributed by atoms with Crippen LogP contribution in [0.25, 0.3) is 16.7 Å². The first kappa shape index (κ1) is 22.3. The van der Waals surface area contributed by atoms with Gasteiger partial charge in [0.15, 0.2) is 5.82 Å². The van der Waals surface area contributed by atoms with E-state index < -0.39 is 11.7 Å². The Morgan fingerprint density at radius 1 is 1.00 bits per heavy atom. The van der Waals surface area contributed by atoms with E-state index in [0.29, 0.717) is 46.8 Å². The summed E-state index contributed by atoms with van der Waals surface area (Å²) < 4.78 is 5.43. The molecule has 4 aromatic rings. The van der Waals surface area contributed by atoms with Crippen LogP contribution in [0.1, 0.15) is 26.4 Å². The van der Waals surface area contributed by atoms with Crippen molar-refractivity contribution in [2.45, 2.75) is 6.92 Å². The maximum Gasteiger partial charge on any atom is 0.295 e. The van der Waals surface area contributed by atoms with Crippen LogP contribution in [-0.4, -0.2) is 85.6 Å². The highest BCUT2D eigenvalue weighted by molar-refractivity contribution is 6.45. The fourth-order valence-electron chi connectivity index (χ4n) is 4.17. The van der Waals surface area contributed by atoms with Gasteiger partial charge in [-0.2, -0.15) is 10.2 Å². The lowest BCUT2D eigenvalue weighted by Gasteiger charge is -2.34. The van der Waals surface area contributed by atoms with Crippen LogP contribution in [0.15, 0.2) is 48.9 Å². The largest absolute Gasteiger partial charge is 0.494 e. The minimum Gasteiger partial charge on any atom is -0.494 e. The second-order valence-electron chi connectivity index (χ2n) is 8.16. The number of rotatable bonds is 5. The summed E-state index contributed by atoms with van der Waals surface area (Å²) in [6.07, 6.45) is 4.54. The van der Waals surface area contributed by atoms with Gasteiger partial charge in [0, 0.05) is 37.9 Å². The molecule has 1 aromatic carbocycles. The molecule has 1 N–H and O–H groups in total. The van der Waals surface area contributed by atoms with E-state index in [1.165, 1.54) is 29.2 Å². The summed E-state index contributed by atoms with van der Waals surface area (Å²) in [4.78, 5) is 51.0. The van der Waals surface area contributed by atoms with Crippen LogP contribution < -0.4 is 4.74 Å². The Morgan fingerprint density at radius 3 is 2.37 bits per heavy atom. The number of ketones is 1.